The molecule has 168 valence electrons. The van der Waals surface area contributed by atoms with Crippen molar-refractivity contribution >= 4 is 25.3 Å². The van der Waals surface area contributed by atoms with Gasteiger partial charge in [-0.2, -0.15) is 0 Å². The van der Waals surface area contributed by atoms with E-state index in [0.29, 0.717) is 14.2 Å². The lowest BCUT2D eigenvalue weighted by Crippen LogP contribution is -2.15. The molecule has 0 aliphatic rings. The third kappa shape index (κ3) is 5.85. The molecule has 3 rings (SSSR count). The summed E-state index contributed by atoms with van der Waals surface area (Å²) in [7, 11) is 2.28. The Morgan fingerprint density at radius 2 is 1.72 bits per heavy atom. The maximum absolute atomic E-state index is 6.04. The van der Waals surface area contributed by atoms with Crippen molar-refractivity contribution in [3.05, 3.63) is 88.5 Å². The predicted molar refractivity (Wildman–Crippen MR) is 139 cm³/mol. The first kappa shape index (κ1) is 24.2. The maximum atomic E-state index is 6.04. The van der Waals surface area contributed by atoms with Crippen LogP contribution in [-0.4, -0.2) is 19.6 Å². The second-order valence-electron chi connectivity index (χ2n) is 8.19. The highest BCUT2D eigenvalue weighted by atomic mass is 31.1. The summed E-state index contributed by atoms with van der Waals surface area (Å²) in [5.41, 5.74) is 8.63. The molecule has 0 spiro atoms. The Balaban J connectivity index is 2.02. The molecule has 0 heterocycles. The molecule has 3 aromatic rings. The second-order valence-corrected chi connectivity index (χ2v) is 9.67. The Labute approximate surface area is 194 Å². The van der Waals surface area contributed by atoms with Gasteiger partial charge in [0.15, 0.2) is 6.79 Å². The zero-order valence-electron chi connectivity index (χ0n) is 20.0. The summed E-state index contributed by atoms with van der Waals surface area (Å²) >= 11 is 0. The number of aryl methyl sites for hydroxylation is 3. The Bertz CT molecular complexity index is 1080. The molecule has 0 aliphatic carbocycles. The van der Waals surface area contributed by atoms with Crippen molar-refractivity contribution in [1.29, 1.82) is 0 Å². The number of aliphatic imine (C=N–C) groups is 1. The summed E-state index contributed by atoms with van der Waals surface area (Å²) in [6.45, 7) is 11.1. The molecule has 0 aliphatic heterocycles. The van der Waals surface area contributed by atoms with Gasteiger partial charge < -0.3 is 9.47 Å². The third-order valence-corrected chi connectivity index (χ3v) is 7.61. The average molecular weight is 448 g/mol. The monoisotopic (exact) mass is 447 g/mol. The molecule has 4 heteroatoms. The lowest BCUT2D eigenvalue weighted by Gasteiger charge is -2.24. The van der Waals surface area contributed by atoms with E-state index in [1.165, 1.54) is 27.6 Å². The van der Waals surface area contributed by atoms with Gasteiger partial charge in [-0.25, -0.2) is 0 Å². The van der Waals surface area contributed by atoms with Gasteiger partial charge in [0.25, 0.3) is 0 Å². The summed E-state index contributed by atoms with van der Waals surface area (Å²) < 4.78 is 11.2. The topological polar surface area (TPSA) is 30.8 Å². The van der Waals surface area contributed by atoms with Gasteiger partial charge in [0, 0.05) is 29.6 Å². The van der Waals surface area contributed by atoms with Gasteiger partial charge in [0.2, 0.25) is 0 Å². The van der Waals surface area contributed by atoms with Crippen LogP contribution in [0.5, 0.6) is 5.75 Å². The molecule has 0 N–H and O–H groups in total. The predicted octanol–water partition coefficient (Wildman–Crippen LogP) is 7.19. The summed E-state index contributed by atoms with van der Waals surface area (Å²) in [5, 5.41) is 1.38. The van der Waals surface area contributed by atoms with Gasteiger partial charge in [-0.1, -0.05) is 69.6 Å². The lowest BCUT2D eigenvalue weighted by atomic mass is 10.0. The summed E-state index contributed by atoms with van der Waals surface area (Å²) in [6, 6.07) is 21.2. The molecule has 32 heavy (non-hydrogen) atoms. The van der Waals surface area contributed by atoms with Crippen molar-refractivity contribution in [3.8, 4) is 5.75 Å². The Kier molecular flexibility index (Phi) is 8.61. The van der Waals surface area contributed by atoms with E-state index in [4.69, 9.17) is 14.5 Å². The fourth-order valence-electron chi connectivity index (χ4n) is 4.05. The van der Waals surface area contributed by atoms with Crippen LogP contribution in [0.25, 0.3) is 0 Å². The number of hydrogen-bond donors (Lipinski definition) is 0. The van der Waals surface area contributed by atoms with Crippen molar-refractivity contribution in [2.45, 2.75) is 46.7 Å². The molecule has 0 fully saturated rings. The van der Waals surface area contributed by atoms with Crippen LogP contribution < -0.4 is 10.0 Å². The highest BCUT2D eigenvalue weighted by molar-refractivity contribution is 7.48. The van der Waals surface area contributed by atoms with Gasteiger partial charge in [0.1, 0.15) is 5.75 Å². The molecule has 0 aromatic heterocycles. The Hall–Kier alpha value is -2.48. The minimum absolute atomic E-state index is 0.259. The van der Waals surface area contributed by atoms with E-state index in [-0.39, 0.29) is 6.79 Å². The van der Waals surface area contributed by atoms with Crippen LogP contribution in [0.1, 0.15) is 53.7 Å². The number of benzene rings is 3. The second kappa shape index (κ2) is 11.4. The number of para-hydroxylation sites is 1. The number of methoxy groups -OCH3 is 1. The molecule has 0 saturated carbocycles. The third-order valence-electron chi connectivity index (χ3n) is 5.59. The molecule has 2 unspecified atom stereocenters. The van der Waals surface area contributed by atoms with Gasteiger partial charge in [-0.15, -0.1) is 0 Å². The molecule has 0 radical (unpaired) electrons. The fourth-order valence-corrected chi connectivity index (χ4v) is 5.71. The first-order valence-electron chi connectivity index (χ1n) is 11.1. The van der Waals surface area contributed by atoms with Crippen LogP contribution in [0.2, 0.25) is 0 Å². The maximum Gasteiger partial charge on any atom is 0.188 e. The first-order chi connectivity index (χ1) is 15.4. The minimum atomic E-state index is 0.259. The lowest BCUT2D eigenvalue weighted by molar-refractivity contribution is 0.0499. The van der Waals surface area contributed by atoms with Crippen LogP contribution in [0.15, 0.2) is 65.7 Å². The SMILES string of the molecule is CCC(Pc1c(C)cccc1/C(C)=N/c1ccccc1)c1cc(C)cc(C)c1OCOC. The van der Waals surface area contributed by atoms with Crippen molar-refractivity contribution in [3.63, 3.8) is 0 Å². The van der Waals surface area contributed by atoms with E-state index in [2.05, 4.69) is 65.0 Å². The Morgan fingerprint density at radius 1 is 0.969 bits per heavy atom. The Morgan fingerprint density at radius 3 is 2.41 bits per heavy atom. The minimum Gasteiger partial charge on any atom is -0.467 e. The van der Waals surface area contributed by atoms with E-state index >= 15 is 0 Å². The highest BCUT2D eigenvalue weighted by Crippen LogP contribution is 2.44. The molecule has 3 nitrogen and oxygen atoms in total. The van der Waals surface area contributed by atoms with E-state index < -0.39 is 0 Å². The van der Waals surface area contributed by atoms with Crippen LogP contribution in [0.3, 0.4) is 0 Å². The van der Waals surface area contributed by atoms with E-state index in [1.807, 2.05) is 30.3 Å². The molecule has 0 saturated heterocycles. The van der Waals surface area contributed by atoms with E-state index in [9.17, 15) is 0 Å². The van der Waals surface area contributed by atoms with E-state index in [0.717, 1.165) is 29.1 Å². The van der Waals surface area contributed by atoms with Gasteiger partial charge >= 0.3 is 0 Å². The molecule has 3 aromatic carbocycles. The average Bonchev–Trinajstić information content (AvgIpc) is 2.78. The van der Waals surface area contributed by atoms with Crippen molar-refractivity contribution < 1.29 is 9.47 Å². The molecular formula is C28H34NO2P. The molecule has 0 amide bonds. The van der Waals surface area contributed by atoms with Crippen LogP contribution in [-0.2, 0) is 4.74 Å². The van der Waals surface area contributed by atoms with Crippen molar-refractivity contribution in [1.82, 2.24) is 0 Å². The zero-order chi connectivity index (χ0) is 23.1. The quantitative estimate of drug-likeness (QED) is 0.197. The standard InChI is InChI=1S/C28H34NO2P/c1-7-26(25-17-19(2)16-21(4)27(25)31-18-30-6)32-28-20(3)12-11-15-24(28)22(5)29-23-13-9-8-10-14-23/h8-17,26,32H,7,18H2,1-6H3/b29-22+. The van der Waals surface area contributed by atoms with E-state index in [1.54, 1.807) is 7.11 Å². The van der Waals surface area contributed by atoms with Crippen LogP contribution >= 0.6 is 8.58 Å². The highest BCUT2D eigenvalue weighted by Gasteiger charge is 2.21. The number of hydrogen-bond acceptors (Lipinski definition) is 3. The molecule has 2 atom stereocenters. The fraction of sp³-hybridized carbons (Fsp3) is 0.321. The van der Waals surface area contributed by atoms with Gasteiger partial charge in [0.05, 0.1) is 5.69 Å². The summed E-state index contributed by atoms with van der Waals surface area (Å²) in [4.78, 5) is 4.90. The van der Waals surface area contributed by atoms with Crippen molar-refractivity contribution in [2.75, 3.05) is 13.9 Å². The summed E-state index contributed by atoms with van der Waals surface area (Å²) in [6.07, 6.45) is 1.04. The van der Waals surface area contributed by atoms with Gasteiger partial charge in [-0.3, -0.25) is 4.99 Å². The normalized spacial score (nSPS) is 13.0. The number of rotatable bonds is 9. The number of ether oxygens (including phenoxy) is 2. The molecule has 0 bridgehead atoms. The zero-order valence-corrected chi connectivity index (χ0v) is 21.0. The first-order valence-corrected chi connectivity index (χ1v) is 12.2. The largest absolute Gasteiger partial charge is 0.467 e. The number of nitrogens with zero attached hydrogens (tertiary/aromatic N) is 1. The smallest absolute Gasteiger partial charge is 0.188 e. The van der Waals surface area contributed by atoms with Crippen LogP contribution in [0, 0.1) is 20.8 Å². The van der Waals surface area contributed by atoms with Crippen LogP contribution in [0.4, 0.5) is 5.69 Å². The summed E-state index contributed by atoms with van der Waals surface area (Å²) in [5.74, 6) is 0.960. The van der Waals surface area contributed by atoms with Crippen molar-refractivity contribution in [2.24, 2.45) is 4.99 Å². The molecular weight excluding hydrogens is 413 g/mol. The van der Waals surface area contributed by atoms with Gasteiger partial charge in [-0.05, 0) is 62.7 Å².